The van der Waals surface area contributed by atoms with Gasteiger partial charge in [0.25, 0.3) is 0 Å². The molecular formula is C12H25P. The summed E-state index contributed by atoms with van der Waals surface area (Å²) in [4.78, 5) is 0. The van der Waals surface area contributed by atoms with Gasteiger partial charge in [-0.2, -0.15) is 0 Å². The molecule has 0 nitrogen and oxygen atoms in total. The highest BCUT2D eigenvalue weighted by Crippen LogP contribution is 2.37. The summed E-state index contributed by atoms with van der Waals surface area (Å²) in [5, 5.41) is 0. The summed E-state index contributed by atoms with van der Waals surface area (Å²) in [6, 6.07) is 0. The van der Waals surface area contributed by atoms with Gasteiger partial charge in [0.1, 0.15) is 0 Å². The lowest BCUT2D eigenvalue weighted by atomic mass is 9.96. The van der Waals surface area contributed by atoms with E-state index in [4.69, 9.17) is 0 Å². The van der Waals surface area contributed by atoms with Crippen LogP contribution in [0.25, 0.3) is 0 Å². The molecule has 0 aromatic heterocycles. The van der Waals surface area contributed by atoms with Gasteiger partial charge >= 0.3 is 0 Å². The van der Waals surface area contributed by atoms with Crippen LogP contribution in [0.3, 0.4) is 0 Å². The van der Waals surface area contributed by atoms with Gasteiger partial charge in [-0.05, 0) is 37.0 Å². The number of hydrogen-bond donors (Lipinski definition) is 0. The van der Waals surface area contributed by atoms with E-state index in [9.17, 15) is 0 Å². The van der Waals surface area contributed by atoms with Crippen molar-refractivity contribution in [2.45, 2.75) is 52.4 Å². The molecule has 0 N–H and O–H groups in total. The number of unbranched alkanes of at least 4 members (excludes halogenated alkanes) is 1. The van der Waals surface area contributed by atoms with Crippen molar-refractivity contribution in [1.29, 1.82) is 0 Å². The van der Waals surface area contributed by atoms with E-state index in [2.05, 4.69) is 13.8 Å². The van der Waals surface area contributed by atoms with Crippen LogP contribution in [0, 0.1) is 11.8 Å². The largest absolute Gasteiger partial charge is 0.122 e. The fourth-order valence-electron chi connectivity index (χ4n) is 2.51. The zero-order valence-corrected chi connectivity index (χ0v) is 10.3. The van der Waals surface area contributed by atoms with Crippen molar-refractivity contribution in [1.82, 2.24) is 0 Å². The minimum atomic E-state index is 1.09. The molecule has 78 valence electrons. The summed E-state index contributed by atoms with van der Waals surface area (Å²) in [5.74, 6) is 2.20. The van der Waals surface area contributed by atoms with Gasteiger partial charge < -0.3 is 0 Å². The van der Waals surface area contributed by atoms with E-state index in [1.165, 1.54) is 53.3 Å². The molecule has 0 saturated heterocycles. The molecule has 1 saturated carbocycles. The first-order chi connectivity index (χ1) is 6.38. The van der Waals surface area contributed by atoms with Crippen LogP contribution in [0.1, 0.15) is 52.4 Å². The molecular weight excluding hydrogens is 175 g/mol. The Bertz CT molecular complexity index is 122. The standard InChI is InChI=1S/C12H25P/c1-3-5-9-13-10-12-8-6-7-11(12)4-2/h11-13H,3-10H2,1-2H3. The molecule has 0 radical (unpaired) electrons. The average Bonchev–Trinajstić information content (AvgIpc) is 2.60. The lowest BCUT2D eigenvalue weighted by Gasteiger charge is -2.17. The van der Waals surface area contributed by atoms with Crippen LogP contribution >= 0.6 is 8.58 Å². The molecule has 1 rings (SSSR count). The highest BCUT2D eigenvalue weighted by molar-refractivity contribution is 7.37. The van der Waals surface area contributed by atoms with Crippen molar-refractivity contribution in [3.8, 4) is 0 Å². The van der Waals surface area contributed by atoms with Crippen molar-refractivity contribution in [2.24, 2.45) is 11.8 Å². The summed E-state index contributed by atoms with van der Waals surface area (Å²) >= 11 is 0. The fourth-order valence-corrected chi connectivity index (χ4v) is 4.22. The number of rotatable bonds is 6. The molecule has 1 aliphatic rings. The molecule has 3 atom stereocenters. The summed E-state index contributed by atoms with van der Waals surface area (Å²) in [6.07, 6.45) is 11.9. The smallest absolute Gasteiger partial charge is 0.0322 e. The SMILES string of the molecule is CCCCPCC1CCCC1CC. The van der Waals surface area contributed by atoms with Gasteiger partial charge in [-0.3, -0.25) is 0 Å². The van der Waals surface area contributed by atoms with Crippen molar-refractivity contribution >= 4 is 8.58 Å². The average molecular weight is 200 g/mol. The van der Waals surface area contributed by atoms with Gasteiger partial charge in [0.15, 0.2) is 0 Å². The Morgan fingerprint density at radius 3 is 2.62 bits per heavy atom. The summed E-state index contributed by atoms with van der Waals surface area (Å²) in [5.41, 5.74) is 0. The molecule has 3 unspecified atom stereocenters. The maximum absolute atomic E-state index is 2.37. The summed E-state index contributed by atoms with van der Waals surface area (Å²) in [7, 11) is 1.26. The minimum Gasteiger partial charge on any atom is -0.122 e. The number of hydrogen-bond acceptors (Lipinski definition) is 0. The second-order valence-corrected chi connectivity index (χ2v) is 5.83. The zero-order valence-electron chi connectivity index (χ0n) is 9.31. The predicted octanol–water partition coefficient (Wildman–Crippen LogP) is 4.29. The lowest BCUT2D eigenvalue weighted by molar-refractivity contribution is 0.412. The molecule has 0 aliphatic heterocycles. The highest BCUT2D eigenvalue weighted by atomic mass is 31.1. The molecule has 0 bridgehead atoms. The molecule has 1 heteroatoms. The van der Waals surface area contributed by atoms with E-state index in [0.29, 0.717) is 0 Å². The van der Waals surface area contributed by atoms with E-state index in [-0.39, 0.29) is 0 Å². The first kappa shape index (κ1) is 11.5. The van der Waals surface area contributed by atoms with Crippen LogP contribution in [0.5, 0.6) is 0 Å². The fraction of sp³-hybridized carbons (Fsp3) is 1.00. The molecule has 0 aromatic carbocycles. The van der Waals surface area contributed by atoms with Crippen molar-refractivity contribution in [3.05, 3.63) is 0 Å². The molecule has 1 fully saturated rings. The van der Waals surface area contributed by atoms with Crippen molar-refractivity contribution in [2.75, 3.05) is 12.3 Å². The topological polar surface area (TPSA) is 0 Å². The van der Waals surface area contributed by atoms with Crippen molar-refractivity contribution in [3.63, 3.8) is 0 Å². The Morgan fingerprint density at radius 2 is 1.92 bits per heavy atom. The first-order valence-electron chi connectivity index (χ1n) is 6.09. The molecule has 13 heavy (non-hydrogen) atoms. The van der Waals surface area contributed by atoms with E-state index in [1.54, 1.807) is 6.16 Å². The Hall–Kier alpha value is 0.430. The molecule has 0 aromatic rings. The molecule has 0 spiro atoms. The Morgan fingerprint density at radius 1 is 1.15 bits per heavy atom. The van der Waals surface area contributed by atoms with Gasteiger partial charge in [-0.25, -0.2) is 0 Å². The zero-order chi connectivity index (χ0) is 9.52. The maximum Gasteiger partial charge on any atom is -0.0322 e. The monoisotopic (exact) mass is 200 g/mol. The normalized spacial score (nSPS) is 29.1. The second-order valence-electron chi connectivity index (χ2n) is 4.42. The van der Waals surface area contributed by atoms with Gasteiger partial charge in [-0.15, -0.1) is 8.58 Å². The van der Waals surface area contributed by atoms with Crippen LogP contribution in [0.15, 0.2) is 0 Å². The minimum absolute atomic E-state index is 1.09. The van der Waals surface area contributed by atoms with Gasteiger partial charge in [0, 0.05) is 0 Å². The summed E-state index contributed by atoms with van der Waals surface area (Å²) < 4.78 is 0. The quantitative estimate of drug-likeness (QED) is 0.443. The van der Waals surface area contributed by atoms with Gasteiger partial charge in [-0.1, -0.05) is 39.5 Å². The van der Waals surface area contributed by atoms with Crippen LogP contribution in [-0.2, 0) is 0 Å². The predicted molar refractivity (Wildman–Crippen MR) is 64.1 cm³/mol. The summed E-state index contributed by atoms with van der Waals surface area (Å²) in [6.45, 7) is 4.67. The van der Waals surface area contributed by atoms with Crippen LogP contribution < -0.4 is 0 Å². The maximum atomic E-state index is 2.37. The van der Waals surface area contributed by atoms with E-state index in [1.807, 2.05) is 0 Å². The van der Waals surface area contributed by atoms with E-state index < -0.39 is 0 Å². The second kappa shape index (κ2) is 6.82. The van der Waals surface area contributed by atoms with E-state index in [0.717, 1.165) is 11.8 Å². The Balaban J connectivity index is 2.06. The van der Waals surface area contributed by atoms with Crippen LogP contribution in [0.4, 0.5) is 0 Å². The van der Waals surface area contributed by atoms with Gasteiger partial charge in [0.05, 0.1) is 0 Å². The van der Waals surface area contributed by atoms with Crippen molar-refractivity contribution < 1.29 is 0 Å². The Kier molecular flexibility index (Phi) is 6.04. The lowest BCUT2D eigenvalue weighted by Crippen LogP contribution is -2.08. The third kappa shape index (κ3) is 3.98. The highest BCUT2D eigenvalue weighted by Gasteiger charge is 2.24. The van der Waals surface area contributed by atoms with Crippen LogP contribution in [0.2, 0.25) is 0 Å². The Labute approximate surface area is 85.7 Å². The molecule has 0 heterocycles. The first-order valence-corrected chi connectivity index (χ1v) is 7.50. The third-order valence-corrected chi connectivity index (χ3v) is 4.97. The van der Waals surface area contributed by atoms with Crippen LogP contribution in [-0.4, -0.2) is 12.3 Å². The third-order valence-electron chi connectivity index (χ3n) is 3.45. The van der Waals surface area contributed by atoms with E-state index >= 15 is 0 Å². The van der Waals surface area contributed by atoms with Gasteiger partial charge in [0.2, 0.25) is 0 Å². The molecule has 0 amide bonds. The molecule has 1 aliphatic carbocycles.